The van der Waals surface area contributed by atoms with Crippen LogP contribution < -0.4 is 73.9 Å². The van der Waals surface area contributed by atoms with Gasteiger partial charge in [-0.2, -0.15) is 0 Å². The molecule has 1 unspecified atom stereocenters. The number of carboxylic acids is 1. The van der Waals surface area contributed by atoms with Gasteiger partial charge in [0, 0.05) is 60.0 Å². The van der Waals surface area contributed by atoms with Crippen molar-refractivity contribution in [2.24, 2.45) is 0 Å². The zero-order valence-electron chi connectivity index (χ0n) is 31.7. The van der Waals surface area contributed by atoms with E-state index in [1.165, 1.54) is 31.6 Å². The Morgan fingerprint density at radius 2 is 1.62 bits per heavy atom. The quantitative estimate of drug-likeness (QED) is 0.0495. The Hall–Kier alpha value is -1.95. The number of carbonyl (C=O) groups is 1. The SMILES string of the molecule is COCC[N+](CCCS(=O)(=O)[O-])=c1ccc2c(/C=C/C=C3/N(CCOCCC(=O)O)c4ccc(S(=O)(=O)[O-])cc4C3(C)CCCS(=O)(=O)[O-])ccoc-2c1.[Na+].[Na+]. The van der Waals surface area contributed by atoms with E-state index < -0.39 is 58.1 Å². The van der Waals surface area contributed by atoms with E-state index in [4.69, 9.17) is 19.0 Å². The number of carboxylic acid groups (broad SMARTS) is 1. The molecule has 1 atom stereocenters. The Labute approximate surface area is 371 Å². The van der Waals surface area contributed by atoms with Crippen molar-refractivity contribution >= 4 is 48.1 Å². The Kier molecular flexibility index (Phi) is 19.6. The summed E-state index contributed by atoms with van der Waals surface area (Å²) in [6, 6.07) is 11.1. The monoisotopic (exact) mass is 856 g/mol. The van der Waals surface area contributed by atoms with E-state index in [2.05, 4.69) is 0 Å². The molecule has 21 heteroatoms. The number of nitrogens with zero attached hydrogens (tertiary/aromatic N) is 2. The average molecular weight is 857 g/mol. The fourth-order valence-electron chi connectivity index (χ4n) is 6.42. The minimum Gasteiger partial charge on any atom is -0.748 e. The van der Waals surface area contributed by atoms with E-state index in [-0.39, 0.29) is 111 Å². The first-order valence-corrected chi connectivity index (χ1v) is 21.4. The first-order valence-electron chi connectivity index (χ1n) is 16.8. The minimum absolute atomic E-state index is 0. The van der Waals surface area contributed by atoms with Gasteiger partial charge in [-0.1, -0.05) is 12.2 Å². The van der Waals surface area contributed by atoms with E-state index in [1.807, 2.05) is 21.6 Å². The van der Waals surface area contributed by atoms with Gasteiger partial charge in [-0.3, -0.25) is 4.79 Å². The van der Waals surface area contributed by atoms with Crippen LogP contribution in [0.5, 0.6) is 0 Å². The molecule has 0 saturated carbocycles. The zero-order chi connectivity index (χ0) is 39.7. The van der Waals surface area contributed by atoms with Gasteiger partial charge in [0.15, 0.2) is 6.54 Å². The molecule has 3 aliphatic rings. The molecule has 16 nitrogen and oxygen atoms in total. The van der Waals surface area contributed by atoms with Gasteiger partial charge in [0.25, 0.3) is 0 Å². The fourth-order valence-corrected chi connectivity index (χ4v) is 7.89. The second kappa shape index (κ2) is 21.9. The van der Waals surface area contributed by atoms with Crippen LogP contribution in [0.2, 0.25) is 0 Å². The Bertz CT molecular complexity index is 2260. The van der Waals surface area contributed by atoms with Gasteiger partial charge in [0.1, 0.15) is 29.0 Å². The molecule has 0 saturated heterocycles. The van der Waals surface area contributed by atoms with Gasteiger partial charge < -0.3 is 37.6 Å². The van der Waals surface area contributed by atoms with E-state index in [0.717, 1.165) is 16.5 Å². The van der Waals surface area contributed by atoms with E-state index in [0.29, 0.717) is 35.9 Å². The summed E-state index contributed by atoms with van der Waals surface area (Å²) in [6.45, 7) is 3.03. The molecule has 2 heterocycles. The summed E-state index contributed by atoms with van der Waals surface area (Å²) in [4.78, 5) is 12.3. The summed E-state index contributed by atoms with van der Waals surface area (Å²) in [5, 5.41) is 9.71. The van der Waals surface area contributed by atoms with Crippen molar-refractivity contribution in [3.8, 4) is 11.3 Å². The van der Waals surface area contributed by atoms with E-state index >= 15 is 0 Å². The summed E-state index contributed by atoms with van der Waals surface area (Å²) in [6.07, 6.45) is 6.72. The second-order valence-electron chi connectivity index (χ2n) is 12.8. The standard InChI is InChI=1S/C35H44N2O14S3.2Na/c1-35(14-4-22-52(40,41)42)30-25-28(54(46,47)48)9-11-31(30)37(17-21-50-18-13-34(38)39)33(35)7-3-6-26-12-19-51-32-24-27(8-10-29(26)32)36(16-20-49-2)15-5-23-53(43,44)45;;/h3,6-12,19,24-25H,4-5,13-18,20-23H2,1-2H3,(H3-,38,39,40,41,42,43,44,45,46,47,48);;/q;2*+1/p-2. The molecule has 1 aromatic carbocycles. The van der Waals surface area contributed by atoms with Gasteiger partial charge >= 0.3 is 65.1 Å². The maximum absolute atomic E-state index is 12.0. The van der Waals surface area contributed by atoms with Crippen LogP contribution in [0.4, 0.5) is 5.69 Å². The van der Waals surface area contributed by atoms with Crippen molar-refractivity contribution in [2.75, 3.05) is 63.0 Å². The predicted octanol–water partition coefficient (Wildman–Crippen LogP) is -3.86. The number of rotatable bonds is 20. The summed E-state index contributed by atoms with van der Waals surface area (Å²) in [7, 11) is -12.3. The number of methoxy groups -OCH3 is 1. The van der Waals surface area contributed by atoms with Crippen molar-refractivity contribution in [1.29, 1.82) is 0 Å². The number of allylic oxidation sites excluding steroid dienone is 3. The van der Waals surface area contributed by atoms with Crippen LogP contribution in [0.25, 0.3) is 17.4 Å². The minimum atomic E-state index is -4.87. The van der Waals surface area contributed by atoms with Crippen LogP contribution in [0.1, 0.15) is 43.7 Å². The number of hydrogen-bond acceptors (Lipinski definition) is 14. The van der Waals surface area contributed by atoms with Crippen molar-refractivity contribution in [2.45, 2.75) is 42.9 Å². The van der Waals surface area contributed by atoms with Gasteiger partial charge in [-0.25, -0.2) is 29.8 Å². The molecule has 0 aromatic heterocycles. The molecule has 56 heavy (non-hydrogen) atoms. The van der Waals surface area contributed by atoms with Crippen LogP contribution in [0, 0.1) is 0 Å². The Balaban J connectivity index is 0.00000541. The molecule has 0 amide bonds. The molecule has 1 aromatic rings. The number of aliphatic carboxylic acids is 1. The molecule has 0 radical (unpaired) electrons. The predicted molar refractivity (Wildman–Crippen MR) is 194 cm³/mol. The van der Waals surface area contributed by atoms with Crippen LogP contribution in [-0.2, 0) is 50.0 Å². The molecule has 1 N–H and O–H groups in total. The largest absolute Gasteiger partial charge is 1.00 e. The van der Waals surface area contributed by atoms with Gasteiger partial charge in [0.05, 0.1) is 57.1 Å². The number of hydrogen-bond donors (Lipinski definition) is 1. The van der Waals surface area contributed by atoms with Crippen LogP contribution >= 0.6 is 0 Å². The van der Waals surface area contributed by atoms with Gasteiger partial charge in [-0.15, -0.1) is 0 Å². The summed E-state index contributed by atoms with van der Waals surface area (Å²) < 4.78 is 123. The van der Waals surface area contributed by atoms with Crippen LogP contribution in [0.3, 0.4) is 0 Å². The fraction of sp³-hybridized carbons (Fsp3) is 0.429. The number of fused-ring (bicyclic) bond motifs is 2. The third kappa shape index (κ3) is 14.4. The molecular weight excluding hydrogens is 815 g/mol. The third-order valence-electron chi connectivity index (χ3n) is 8.99. The number of ether oxygens (including phenoxy) is 2. The molecule has 4 rings (SSSR count). The van der Waals surface area contributed by atoms with Gasteiger partial charge in [0.2, 0.25) is 5.36 Å². The van der Waals surface area contributed by atoms with Crippen molar-refractivity contribution < 1.29 is 122 Å². The third-order valence-corrected chi connectivity index (χ3v) is 11.4. The molecule has 0 fully saturated rings. The number of anilines is 1. The van der Waals surface area contributed by atoms with Crippen molar-refractivity contribution in [3.05, 3.63) is 83.1 Å². The molecular formula is C35H42N2Na2O14S3. The maximum Gasteiger partial charge on any atom is 1.00 e. The average Bonchev–Trinajstić information content (AvgIpc) is 3.30. The topological polar surface area (TPSA) is 247 Å². The van der Waals surface area contributed by atoms with Gasteiger partial charge in [-0.05, 0) is 67.3 Å². The van der Waals surface area contributed by atoms with Crippen LogP contribution in [0.15, 0.2) is 75.9 Å². The first-order chi connectivity index (χ1) is 25.3. The zero-order valence-corrected chi connectivity index (χ0v) is 38.2. The summed E-state index contributed by atoms with van der Waals surface area (Å²) >= 11 is 0. The first kappa shape index (κ1) is 50.2. The van der Waals surface area contributed by atoms with Crippen molar-refractivity contribution in [3.63, 3.8) is 0 Å². The Morgan fingerprint density at radius 3 is 2.27 bits per heavy atom. The van der Waals surface area contributed by atoms with E-state index in [1.54, 1.807) is 37.3 Å². The molecule has 0 spiro atoms. The summed E-state index contributed by atoms with van der Waals surface area (Å²) in [5.41, 5.74) is 1.91. The smallest absolute Gasteiger partial charge is 0.748 e. The second-order valence-corrected chi connectivity index (χ2v) is 17.2. The summed E-state index contributed by atoms with van der Waals surface area (Å²) in [5.74, 6) is -1.70. The number of benzene rings is 2. The molecule has 296 valence electrons. The maximum atomic E-state index is 12.0. The molecule has 0 bridgehead atoms. The molecule has 1 aliphatic carbocycles. The normalized spacial score (nSPS) is 17.2. The van der Waals surface area contributed by atoms with Crippen LogP contribution in [-0.4, -0.2) is 108 Å². The van der Waals surface area contributed by atoms with Crippen molar-refractivity contribution in [1.82, 2.24) is 4.58 Å². The molecule has 2 aliphatic heterocycles. The van der Waals surface area contributed by atoms with E-state index in [9.17, 15) is 43.7 Å². The Morgan fingerprint density at radius 1 is 0.929 bits per heavy atom.